The zero-order valence-electron chi connectivity index (χ0n) is 2.86. The monoisotopic (exact) mass is 66.0 g/mol. The SMILES string of the molecule is C=CN.[Na+]. The number of hydrogen-bond donors (Lipinski definition) is 1. The van der Waals surface area contributed by atoms with Crippen LogP contribution in [0.1, 0.15) is 0 Å². The van der Waals surface area contributed by atoms with Crippen LogP contribution in [-0.2, 0) is 0 Å². The van der Waals surface area contributed by atoms with Crippen molar-refractivity contribution in [3.63, 3.8) is 0 Å². The Morgan fingerprint density at radius 2 is 1.75 bits per heavy atom. The molecule has 0 aliphatic heterocycles. The minimum atomic E-state index is 0. The summed E-state index contributed by atoms with van der Waals surface area (Å²) in [7, 11) is 0. The van der Waals surface area contributed by atoms with Crippen LogP contribution in [0.25, 0.3) is 0 Å². The average Bonchev–Trinajstić information content (AvgIpc) is 0.918. The molecular weight excluding hydrogens is 61.0 g/mol. The zero-order chi connectivity index (χ0) is 2.71. The minimum absolute atomic E-state index is 0. The molecule has 18 valence electrons. The van der Waals surface area contributed by atoms with Crippen molar-refractivity contribution in [2.24, 2.45) is 5.73 Å². The van der Waals surface area contributed by atoms with Crippen molar-refractivity contribution in [1.82, 2.24) is 0 Å². The largest absolute Gasteiger partial charge is 1.00 e. The fourth-order valence-electron chi connectivity index (χ4n) is 0. The Kier molecular flexibility index (Phi) is 21.2. The first-order valence-electron chi connectivity index (χ1n) is 0.742. The molecule has 0 saturated carbocycles. The predicted octanol–water partition coefficient (Wildman–Crippen LogP) is -2.91. The third-order valence-electron chi connectivity index (χ3n) is 0. The fourth-order valence-corrected chi connectivity index (χ4v) is 0. The molecule has 0 amide bonds. The summed E-state index contributed by atoms with van der Waals surface area (Å²) in [5.74, 6) is 0. The number of rotatable bonds is 0. The number of hydrogen-bond acceptors (Lipinski definition) is 1. The van der Waals surface area contributed by atoms with Crippen LogP contribution in [0.5, 0.6) is 0 Å². The molecule has 0 aliphatic rings. The van der Waals surface area contributed by atoms with Gasteiger partial charge in [-0.2, -0.15) is 0 Å². The van der Waals surface area contributed by atoms with E-state index in [1.54, 1.807) is 0 Å². The molecule has 0 heterocycles. The Balaban J connectivity index is 0. The smallest absolute Gasteiger partial charge is 0.405 e. The van der Waals surface area contributed by atoms with Gasteiger partial charge in [-0.25, -0.2) is 0 Å². The van der Waals surface area contributed by atoms with Crippen molar-refractivity contribution >= 4 is 0 Å². The van der Waals surface area contributed by atoms with Crippen molar-refractivity contribution < 1.29 is 29.6 Å². The van der Waals surface area contributed by atoms with Crippen LogP contribution in [0.4, 0.5) is 0 Å². The summed E-state index contributed by atoms with van der Waals surface area (Å²) >= 11 is 0. The van der Waals surface area contributed by atoms with E-state index in [2.05, 4.69) is 12.3 Å². The molecule has 0 rings (SSSR count). The molecule has 0 aromatic heterocycles. The Morgan fingerprint density at radius 1 is 1.75 bits per heavy atom. The maximum Gasteiger partial charge on any atom is 1.00 e. The van der Waals surface area contributed by atoms with E-state index in [1.807, 2.05) is 0 Å². The summed E-state index contributed by atoms with van der Waals surface area (Å²) in [6, 6.07) is 0. The van der Waals surface area contributed by atoms with Gasteiger partial charge < -0.3 is 5.73 Å². The molecule has 2 heteroatoms. The van der Waals surface area contributed by atoms with Gasteiger partial charge in [0.25, 0.3) is 0 Å². The van der Waals surface area contributed by atoms with Crippen LogP contribution in [0.2, 0.25) is 0 Å². The zero-order valence-corrected chi connectivity index (χ0v) is 4.86. The van der Waals surface area contributed by atoms with E-state index in [-0.39, 0.29) is 29.6 Å². The quantitative estimate of drug-likeness (QED) is 0.301. The Hall–Kier alpha value is 0.540. The first kappa shape index (κ1) is 8.82. The fraction of sp³-hybridized carbons (Fsp3) is 0. The second kappa shape index (κ2) is 9.63. The molecule has 1 nitrogen and oxygen atoms in total. The van der Waals surface area contributed by atoms with Gasteiger partial charge in [-0.3, -0.25) is 0 Å². The van der Waals surface area contributed by atoms with E-state index in [1.165, 1.54) is 6.20 Å². The summed E-state index contributed by atoms with van der Waals surface area (Å²) in [5, 5.41) is 0. The summed E-state index contributed by atoms with van der Waals surface area (Å²) in [6.45, 7) is 3.14. The molecule has 0 spiro atoms. The second-order valence-electron chi connectivity index (χ2n) is 0.236. The van der Waals surface area contributed by atoms with E-state index < -0.39 is 0 Å². The van der Waals surface area contributed by atoms with Crippen molar-refractivity contribution in [2.75, 3.05) is 0 Å². The van der Waals surface area contributed by atoms with Gasteiger partial charge in [0.2, 0.25) is 0 Å². The van der Waals surface area contributed by atoms with Crippen LogP contribution in [0, 0.1) is 0 Å². The van der Waals surface area contributed by atoms with E-state index in [9.17, 15) is 0 Å². The molecule has 4 heavy (non-hydrogen) atoms. The van der Waals surface area contributed by atoms with Gasteiger partial charge in [0.05, 0.1) is 0 Å². The van der Waals surface area contributed by atoms with Gasteiger partial charge in [-0.1, -0.05) is 6.58 Å². The van der Waals surface area contributed by atoms with Gasteiger partial charge in [0.15, 0.2) is 0 Å². The van der Waals surface area contributed by atoms with Gasteiger partial charge in [-0.05, 0) is 6.20 Å². The molecule has 0 saturated heterocycles. The predicted molar refractivity (Wildman–Crippen MR) is 14.4 cm³/mol. The topological polar surface area (TPSA) is 26.0 Å². The first-order chi connectivity index (χ1) is 1.41. The van der Waals surface area contributed by atoms with Crippen molar-refractivity contribution in [3.8, 4) is 0 Å². The summed E-state index contributed by atoms with van der Waals surface area (Å²) in [6.07, 6.45) is 1.25. The van der Waals surface area contributed by atoms with E-state index >= 15 is 0 Å². The molecule has 0 atom stereocenters. The summed E-state index contributed by atoms with van der Waals surface area (Å²) in [4.78, 5) is 0. The molecule has 2 N–H and O–H groups in total. The molecule has 0 aromatic carbocycles. The van der Waals surface area contributed by atoms with Gasteiger partial charge in [0, 0.05) is 0 Å². The molecule has 0 aromatic rings. The van der Waals surface area contributed by atoms with Crippen molar-refractivity contribution in [2.45, 2.75) is 0 Å². The maximum absolute atomic E-state index is 4.61. The maximum atomic E-state index is 4.61. The van der Waals surface area contributed by atoms with Crippen LogP contribution in [0.15, 0.2) is 12.8 Å². The van der Waals surface area contributed by atoms with Crippen LogP contribution in [0.3, 0.4) is 0 Å². The second-order valence-corrected chi connectivity index (χ2v) is 0.236. The van der Waals surface area contributed by atoms with Gasteiger partial charge >= 0.3 is 29.6 Å². The standard InChI is InChI=1S/C2H5N.Na/c1-2-3;/h2H,1,3H2;/q;+1. The van der Waals surface area contributed by atoms with Gasteiger partial charge in [-0.15, -0.1) is 0 Å². The molecule has 0 bridgehead atoms. The van der Waals surface area contributed by atoms with Crippen LogP contribution >= 0.6 is 0 Å². The summed E-state index contributed by atoms with van der Waals surface area (Å²) < 4.78 is 0. The Labute approximate surface area is 48.2 Å². The Bertz CT molecular complexity index is 13.5. The molecule has 0 aliphatic carbocycles. The summed E-state index contributed by atoms with van der Waals surface area (Å²) in [5.41, 5.74) is 4.61. The van der Waals surface area contributed by atoms with Crippen LogP contribution in [-0.4, -0.2) is 0 Å². The third-order valence-corrected chi connectivity index (χ3v) is 0. The molecular formula is C2H5NNa+. The minimum Gasteiger partial charge on any atom is -0.405 e. The van der Waals surface area contributed by atoms with E-state index in [0.717, 1.165) is 0 Å². The van der Waals surface area contributed by atoms with E-state index in [4.69, 9.17) is 0 Å². The molecule has 0 radical (unpaired) electrons. The number of nitrogens with two attached hydrogens (primary N) is 1. The molecule has 0 fully saturated rings. The molecule has 0 unspecified atom stereocenters. The average molecular weight is 66.1 g/mol. The first-order valence-corrected chi connectivity index (χ1v) is 0.742. The van der Waals surface area contributed by atoms with Gasteiger partial charge in [0.1, 0.15) is 0 Å². The van der Waals surface area contributed by atoms with Crippen molar-refractivity contribution in [3.05, 3.63) is 12.8 Å². The van der Waals surface area contributed by atoms with Crippen LogP contribution < -0.4 is 35.3 Å². The van der Waals surface area contributed by atoms with E-state index in [0.29, 0.717) is 0 Å². The Morgan fingerprint density at radius 3 is 1.75 bits per heavy atom. The van der Waals surface area contributed by atoms with Crippen molar-refractivity contribution in [1.29, 1.82) is 0 Å². The third kappa shape index (κ3) is 20.7. The normalized spacial score (nSPS) is 3.00.